The van der Waals surface area contributed by atoms with Crippen molar-refractivity contribution >= 4 is 40.8 Å². The average molecular weight is 451 g/mol. The van der Waals surface area contributed by atoms with Crippen LogP contribution in [0.5, 0.6) is 0 Å². The topological polar surface area (TPSA) is 207 Å². The van der Waals surface area contributed by atoms with Crippen LogP contribution in [0.15, 0.2) is 42.6 Å². The fraction of sp³-hybridized carbons (Fsp3) is 0.190. The van der Waals surface area contributed by atoms with Crippen molar-refractivity contribution in [3.8, 4) is 0 Å². The first kappa shape index (κ1) is 23.1. The maximum absolute atomic E-state index is 12.4. The summed E-state index contributed by atoms with van der Waals surface area (Å²) in [7, 11) is 0. The van der Waals surface area contributed by atoms with E-state index in [0.717, 1.165) is 5.56 Å². The van der Waals surface area contributed by atoms with Crippen LogP contribution in [0.4, 0.5) is 11.8 Å². The van der Waals surface area contributed by atoms with Crippen molar-refractivity contribution < 1.29 is 24.6 Å². The van der Waals surface area contributed by atoms with Gasteiger partial charge >= 0.3 is 11.9 Å². The van der Waals surface area contributed by atoms with Crippen LogP contribution in [-0.2, 0) is 22.4 Å². The molecule has 12 nitrogen and oxygen atoms in total. The number of hydrogen-bond donors (Lipinski definition) is 5. The molecular weight excluding hydrogens is 430 g/mol. The second kappa shape index (κ2) is 9.68. The number of amides is 1. The zero-order chi connectivity index (χ0) is 24.1. The van der Waals surface area contributed by atoms with Gasteiger partial charge in [0.25, 0.3) is 5.91 Å². The first-order chi connectivity index (χ1) is 15.6. The summed E-state index contributed by atoms with van der Waals surface area (Å²) in [5.74, 6) is -3.15. The van der Waals surface area contributed by atoms with Crippen LogP contribution in [0.25, 0.3) is 11.2 Å². The van der Waals surface area contributed by atoms with Gasteiger partial charge in [0.2, 0.25) is 5.95 Å². The number of anilines is 2. The molecule has 0 radical (unpaired) electrons. The van der Waals surface area contributed by atoms with Crippen molar-refractivity contribution in [3.05, 3.63) is 59.4 Å². The number of fused-ring (bicyclic) bond motifs is 1. The van der Waals surface area contributed by atoms with Gasteiger partial charge in [0.05, 0.1) is 5.69 Å². The molecule has 3 rings (SSSR count). The van der Waals surface area contributed by atoms with E-state index < -0.39 is 30.3 Å². The van der Waals surface area contributed by atoms with Gasteiger partial charge in [0.15, 0.2) is 11.5 Å². The van der Waals surface area contributed by atoms with Crippen LogP contribution >= 0.6 is 0 Å². The van der Waals surface area contributed by atoms with Gasteiger partial charge in [-0.05, 0) is 30.5 Å². The zero-order valence-corrected chi connectivity index (χ0v) is 17.4. The average Bonchev–Trinajstić information content (AvgIpc) is 2.76. The Balaban J connectivity index is 1.63. The quantitative estimate of drug-likeness (QED) is 0.284. The maximum Gasteiger partial charge on any atom is 0.331 e. The third-order valence-corrected chi connectivity index (χ3v) is 4.74. The number of aryl methyl sites for hydroxylation is 2. The van der Waals surface area contributed by atoms with E-state index in [1.165, 1.54) is 0 Å². The summed E-state index contributed by atoms with van der Waals surface area (Å²) in [6.07, 6.45) is 2.30. The monoisotopic (exact) mass is 451 g/mol. The van der Waals surface area contributed by atoms with Gasteiger partial charge < -0.3 is 27.0 Å². The number of rotatable bonds is 9. The van der Waals surface area contributed by atoms with E-state index in [2.05, 4.69) is 31.8 Å². The van der Waals surface area contributed by atoms with Crippen molar-refractivity contribution in [1.29, 1.82) is 0 Å². The lowest BCUT2D eigenvalue weighted by molar-refractivity contribution is -0.139. The summed E-state index contributed by atoms with van der Waals surface area (Å²) in [5, 5.41) is 20.4. The molecule has 1 unspecified atom stereocenters. The molecule has 0 aliphatic rings. The number of carboxylic acids is 2. The Morgan fingerprint density at radius 1 is 1.03 bits per heavy atom. The predicted molar refractivity (Wildman–Crippen MR) is 118 cm³/mol. The minimum Gasteiger partial charge on any atom is -0.480 e. The maximum atomic E-state index is 12.4. The Kier molecular flexibility index (Phi) is 6.77. The van der Waals surface area contributed by atoms with E-state index >= 15 is 0 Å². The highest BCUT2D eigenvalue weighted by molar-refractivity contribution is 5.97. The Bertz CT molecular complexity index is 1240. The molecule has 0 saturated heterocycles. The van der Waals surface area contributed by atoms with E-state index in [1.54, 1.807) is 30.5 Å². The summed E-state index contributed by atoms with van der Waals surface area (Å²) in [6.45, 7) is 3.30. The number of nitrogens with two attached hydrogens (primary N) is 2. The molecule has 3 aromatic rings. The van der Waals surface area contributed by atoms with E-state index in [0.29, 0.717) is 29.7 Å². The molecule has 0 aliphatic heterocycles. The Hall–Kier alpha value is -4.61. The number of nitrogens with zero attached hydrogens (tertiary/aromatic N) is 4. The number of hydrogen-bond acceptors (Lipinski definition) is 9. The second-order valence-corrected chi connectivity index (χ2v) is 7.17. The smallest absolute Gasteiger partial charge is 0.331 e. The van der Waals surface area contributed by atoms with Gasteiger partial charge in [-0.2, -0.15) is 9.97 Å². The molecule has 1 amide bonds. The summed E-state index contributed by atoms with van der Waals surface area (Å²) < 4.78 is 0. The molecule has 33 heavy (non-hydrogen) atoms. The van der Waals surface area contributed by atoms with Crippen LogP contribution in [0, 0.1) is 0 Å². The van der Waals surface area contributed by atoms with E-state index in [1.807, 2.05) is 0 Å². The Labute approximate surface area is 187 Å². The lowest BCUT2D eigenvalue weighted by atomic mass is 10.0. The van der Waals surface area contributed by atoms with Crippen LogP contribution in [0.1, 0.15) is 28.0 Å². The largest absolute Gasteiger partial charge is 0.480 e. The number of aliphatic carboxylic acids is 2. The van der Waals surface area contributed by atoms with Crippen LogP contribution in [-0.4, -0.2) is 54.0 Å². The molecule has 170 valence electrons. The van der Waals surface area contributed by atoms with Crippen molar-refractivity contribution in [1.82, 2.24) is 25.3 Å². The second-order valence-electron chi connectivity index (χ2n) is 7.17. The van der Waals surface area contributed by atoms with Gasteiger partial charge in [-0.3, -0.25) is 4.79 Å². The van der Waals surface area contributed by atoms with Crippen LogP contribution < -0.4 is 16.8 Å². The van der Waals surface area contributed by atoms with Gasteiger partial charge in [-0.15, -0.1) is 0 Å². The minimum atomic E-state index is -1.40. The van der Waals surface area contributed by atoms with Crippen molar-refractivity contribution in [2.45, 2.75) is 25.3 Å². The number of carboxylic acid groups (broad SMARTS) is 2. The number of aromatic nitrogens is 4. The predicted octanol–water partition coefficient (Wildman–Crippen LogP) is 0.583. The van der Waals surface area contributed by atoms with Crippen LogP contribution in [0.2, 0.25) is 0 Å². The number of carbonyl (C=O) groups excluding carboxylic acids is 1. The fourth-order valence-corrected chi connectivity index (χ4v) is 2.97. The molecule has 0 aliphatic carbocycles. The lowest BCUT2D eigenvalue weighted by Crippen LogP contribution is -2.41. The highest BCUT2D eigenvalue weighted by Gasteiger charge is 2.23. The van der Waals surface area contributed by atoms with Crippen LogP contribution in [0.3, 0.4) is 0 Å². The van der Waals surface area contributed by atoms with Crippen molar-refractivity contribution in [2.75, 3.05) is 11.5 Å². The van der Waals surface area contributed by atoms with Gasteiger partial charge in [0, 0.05) is 23.8 Å². The standard InChI is InChI=1S/C21H21N7O5/c1-10(19(30)31)8-14(20(32)33)26-18(29)12-5-2-11(3-6-12)4-7-13-9-24-15-16(22)27-21(23)28-17(15)25-13/h2-3,5-6,9,14H,1,4,7-8H2,(H,26,29)(H,30,31)(H,32,33)(H4,22,23,25,27,28). The minimum absolute atomic E-state index is 0.0118. The zero-order valence-electron chi connectivity index (χ0n) is 17.4. The number of nitrogens with one attached hydrogen (secondary N) is 1. The van der Waals surface area contributed by atoms with E-state index in [-0.39, 0.29) is 22.9 Å². The summed E-state index contributed by atoms with van der Waals surface area (Å²) in [5.41, 5.74) is 13.5. The Morgan fingerprint density at radius 3 is 2.36 bits per heavy atom. The van der Waals surface area contributed by atoms with Crippen molar-refractivity contribution in [2.24, 2.45) is 0 Å². The summed E-state index contributed by atoms with van der Waals surface area (Å²) >= 11 is 0. The molecular formula is C21H21N7O5. The molecule has 1 atom stereocenters. The molecule has 0 spiro atoms. The van der Waals surface area contributed by atoms with E-state index in [4.69, 9.17) is 16.6 Å². The first-order valence-corrected chi connectivity index (χ1v) is 9.72. The molecule has 0 fully saturated rings. The Morgan fingerprint density at radius 2 is 1.73 bits per heavy atom. The highest BCUT2D eigenvalue weighted by Crippen LogP contribution is 2.15. The van der Waals surface area contributed by atoms with Crippen molar-refractivity contribution in [3.63, 3.8) is 0 Å². The summed E-state index contributed by atoms with van der Waals surface area (Å²) in [4.78, 5) is 51.1. The third kappa shape index (κ3) is 5.76. The SMILES string of the molecule is C=C(CC(NC(=O)c1ccc(CCc2cnc3c(N)nc(N)nc3n2)cc1)C(=O)O)C(=O)O. The lowest BCUT2D eigenvalue weighted by Gasteiger charge is -2.14. The van der Waals surface area contributed by atoms with Gasteiger partial charge in [0.1, 0.15) is 11.6 Å². The molecule has 12 heteroatoms. The molecule has 0 saturated carbocycles. The highest BCUT2D eigenvalue weighted by atomic mass is 16.4. The van der Waals surface area contributed by atoms with Gasteiger partial charge in [-0.25, -0.2) is 19.6 Å². The first-order valence-electron chi connectivity index (χ1n) is 9.72. The van der Waals surface area contributed by atoms with Gasteiger partial charge in [-0.1, -0.05) is 18.7 Å². The van der Waals surface area contributed by atoms with E-state index in [9.17, 15) is 19.5 Å². The molecule has 2 aromatic heterocycles. The summed E-state index contributed by atoms with van der Waals surface area (Å²) in [6, 6.07) is 5.16. The molecule has 1 aromatic carbocycles. The third-order valence-electron chi connectivity index (χ3n) is 4.74. The molecule has 2 heterocycles. The molecule has 0 bridgehead atoms. The molecule has 7 N–H and O–H groups in total. The number of nitrogen functional groups attached to an aromatic ring is 2. The number of benzene rings is 1. The fourth-order valence-electron chi connectivity index (χ4n) is 2.97. The normalized spacial score (nSPS) is 11.6. The number of carbonyl (C=O) groups is 3.